The molecular formula is C52H99N2O6P. The molecule has 9 heteroatoms. The normalized spacial score (nSPS) is 14.5. The molecule has 0 radical (unpaired) electrons. The van der Waals surface area contributed by atoms with E-state index in [1.54, 1.807) is 6.08 Å². The van der Waals surface area contributed by atoms with Crippen LogP contribution >= 0.6 is 7.82 Å². The van der Waals surface area contributed by atoms with Gasteiger partial charge in [0.05, 0.1) is 39.9 Å². The van der Waals surface area contributed by atoms with Gasteiger partial charge >= 0.3 is 0 Å². The lowest BCUT2D eigenvalue weighted by atomic mass is 10.0. The lowest BCUT2D eigenvalue weighted by molar-refractivity contribution is -0.870. The lowest BCUT2D eigenvalue weighted by Gasteiger charge is -2.29. The Hall–Kier alpha value is -1.54. The van der Waals surface area contributed by atoms with Crippen LogP contribution in [0.3, 0.4) is 0 Å². The second-order valence-electron chi connectivity index (χ2n) is 18.5. The highest BCUT2D eigenvalue weighted by Crippen LogP contribution is 2.38. The van der Waals surface area contributed by atoms with Gasteiger partial charge in [-0.3, -0.25) is 9.36 Å². The maximum absolute atomic E-state index is 12.9. The number of hydrogen-bond acceptors (Lipinski definition) is 6. The Kier molecular flexibility index (Phi) is 42.6. The maximum Gasteiger partial charge on any atom is 0.268 e. The Morgan fingerprint density at radius 3 is 1.46 bits per heavy atom. The van der Waals surface area contributed by atoms with Gasteiger partial charge in [-0.15, -0.1) is 0 Å². The predicted octanol–water partition coefficient (Wildman–Crippen LogP) is 14.2. The summed E-state index contributed by atoms with van der Waals surface area (Å²) in [6.45, 7) is 4.53. The van der Waals surface area contributed by atoms with Crippen LogP contribution < -0.4 is 10.2 Å². The molecule has 0 aliphatic rings. The summed E-state index contributed by atoms with van der Waals surface area (Å²) in [5.74, 6) is -0.214. The van der Waals surface area contributed by atoms with Gasteiger partial charge in [0.15, 0.2) is 0 Å². The first-order chi connectivity index (χ1) is 29.5. The summed E-state index contributed by atoms with van der Waals surface area (Å²) in [6.07, 6.45) is 56.0. The quantitative estimate of drug-likeness (QED) is 0.0273. The number of likely N-dealkylation sites (N-methyl/N-ethyl adjacent to an activating group) is 1. The molecule has 358 valence electrons. The number of aliphatic hydroxyl groups excluding tert-OH is 1. The molecule has 0 aromatic rings. The first kappa shape index (κ1) is 59.5. The number of quaternary nitrogens is 1. The van der Waals surface area contributed by atoms with E-state index < -0.39 is 20.0 Å². The van der Waals surface area contributed by atoms with E-state index in [1.165, 1.54) is 128 Å². The molecule has 0 saturated heterocycles. The second kappa shape index (κ2) is 43.7. The number of phosphoric acid groups is 1. The fourth-order valence-electron chi connectivity index (χ4n) is 7.29. The van der Waals surface area contributed by atoms with Crippen molar-refractivity contribution in [3.8, 4) is 0 Å². The van der Waals surface area contributed by atoms with E-state index in [9.17, 15) is 19.4 Å². The summed E-state index contributed by atoms with van der Waals surface area (Å²) in [5.41, 5.74) is 0. The highest BCUT2D eigenvalue weighted by atomic mass is 31.2. The maximum atomic E-state index is 12.9. The second-order valence-corrected chi connectivity index (χ2v) is 19.9. The van der Waals surface area contributed by atoms with Crippen molar-refractivity contribution in [2.24, 2.45) is 0 Å². The van der Waals surface area contributed by atoms with Crippen molar-refractivity contribution in [3.63, 3.8) is 0 Å². The minimum atomic E-state index is -4.60. The van der Waals surface area contributed by atoms with Crippen molar-refractivity contribution in [2.45, 2.75) is 238 Å². The number of amides is 1. The third kappa shape index (κ3) is 46.3. The molecule has 1 amide bonds. The van der Waals surface area contributed by atoms with Gasteiger partial charge in [0.1, 0.15) is 13.2 Å². The van der Waals surface area contributed by atoms with Crippen molar-refractivity contribution < 1.29 is 32.9 Å². The minimum absolute atomic E-state index is 0.00583. The molecule has 8 nitrogen and oxygen atoms in total. The van der Waals surface area contributed by atoms with E-state index in [0.717, 1.165) is 77.0 Å². The molecule has 0 heterocycles. The average molecular weight is 879 g/mol. The highest BCUT2D eigenvalue weighted by Gasteiger charge is 2.23. The van der Waals surface area contributed by atoms with Gasteiger partial charge in [0.25, 0.3) is 7.82 Å². The molecular weight excluding hydrogens is 780 g/mol. The first-order valence-corrected chi connectivity index (χ1v) is 27.0. The summed E-state index contributed by atoms with van der Waals surface area (Å²) < 4.78 is 23.3. The summed E-state index contributed by atoms with van der Waals surface area (Å²) in [7, 11) is 1.25. The van der Waals surface area contributed by atoms with Crippen LogP contribution in [-0.4, -0.2) is 68.5 Å². The molecule has 0 bridgehead atoms. The van der Waals surface area contributed by atoms with Crippen LogP contribution in [0.5, 0.6) is 0 Å². The number of nitrogens with zero attached hydrogens (tertiary/aromatic N) is 1. The predicted molar refractivity (Wildman–Crippen MR) is 261 cm³/mol. The Morgan fingerprint density at radius 1 is 0.590 bits per heavy atom. The van der Waals surface area contributed by atoms with Gasteiger partial charge in [-0.05, 0) is 51.4 Å². The largest absolute Gasteiger partial charge is 0.756 e. The van der Waals surface area contributed by atoms with Crippen molar-refractivity contribution in [3.05, 3.63) is 48.6 Å². The van der Waals surface area contributed by atoms with Gasteiger partial charge < -0.3 is 28.8 Å². The molecule has 0 aliphatic heterocycles. The van der Waals surface area contributed by atoms with Crippen molar-refractivity contribution in [1.29, 1.82) is 0 Å². The van der Waals surface area contributed by atoms with E-state index in [0.29, 0.717) is 17.4 Å². The number of allylic oxidation sites excluding steroid dienone is 7. The number of aliphatic hydroxyl groups is 1. The minimum Gasteiger partial charge on any atom is -0.756 e. The summed E-state index contributed by atoms with van der Waals surface area (Å²) in [4.78, 5) is 25.4. The van der Waals surface area contributed by atoms with E-state index >= 15 is 0 Å². The number of rotatable bonds is 46. The molecule has 0 saturated carbocycles. The molecule has 0 spiro atoms. The zero-order valence-corrected chi connectivity index (χ0v) is 41.5. The SMILES string of the molecule is CC/C=C\C/C=C\C/C=C\CCCCCCCC(=O)NC(COP(=O)([O-])OCC[N+](C)(C)C)C(O)/C=C/CCCCCCCCCCCCCCCCCCCCCCCC. The summed E-state index contributed by atoms with van der Waals surface area (Å²) >= 11 is 0. The van der Waals surface area contributed by atoms with Crippen LogP contribution in [0.25, 0.3) is 0 Å². The first-order valence-electron chi connectivity index (χ1n) is 25.5. The van der Waals surface area contributed by atoms with Gasteiger partial charge in [-0.1, -0.05) is 217 Å². The van der Waals surface area contributed by atoms with Crippen molar-refractivity contribution >= 4 is 13.7 Å². The van der Waals surface area contributed by atoms with Gasteiger partial charge in [0, 0.05) is 6.42 Å². The molecule has 3 atom stereocenters. The Labute approximate surface area is 378 Å². The Balaban J connectivity index is 4.28. The zero-order valence-electron chi connectivity index (χ0n) is 40.6. The number of phosphoric ester groups is 1. The average Bonchev–Trinajstić information content (AvgIpc) is 3.21. The molecule has 0 aliphatic carbocycles. The van der Waals surface area contributed by atoms with Gasteiger partial charge in [0.2, 0.25) is 5.91 Å². The third-order valence-electron chi connectivity index (χ3n) is 11.3. The molecule has 0 aromatic heterocycles. The summed E-state index contributed by atoms with van der Waals surface area (Å²) in [6, 6.07) is -0.896. The monoisotopic (exact) mass is 879 g/mol. The molecule has 3 unspecified atom stereocenters. The van der Waals surface area contributed by atoms with Gasteiger partial charge in [-0.2, -0.15) is 0 Å². The number of hydrogen-bond donors (Lipinski definition) is 2. The number of unbranched alkanes of at least 4 members (excludes halogenated alkanes) is 27. The molecule has 0 aromatic carbocycles. The number of carbonyl (C=O) groups excluding carboxylic acids is 1. The number of nitrogens with one attached hydrogen (secondary N) is 1. The van der Waals surface area contributed by atoms with Crippen LogP contribution in [0.15, 0.2) is 48.6 Å². The molecule has 61 heavy (non-hydrogen) atoms. The fourth-order valence-corrected chi connectivity index (χ4v) is 8.01. The van der Waals surface area contributed by atoms with Crippen LogP contribution in [0.2, 0.25) is 0 Å². The topological polar surface area (TPSA) is 108 Å². The van der Waals surface area contributed by atoms with E-state index in [2.05, 4.69) is 55.6 Å². The molecule has 0 fully saturated rings. The zero-order chi connectivity index (χ0) is 45.0. The van der Waals surface area contributed by atoms with Gasteiger partial charge in [-0.25, -0.2) is 0 Å². The van der Waals surface area contributed by atoms with Crippen molar-refractivity contribution in [2.75, 3.05) is 40.9 Å². The van der Waals surface area contributed by atoms with Crippen molar-refractivity contribution in [1.82, 2.24) is 5.32 Å². The summed E-state index contributed by atoms with van der Waals surface area (Å²) in [5, 5.41) is 13.8. The van der Waals surface area contributed by atoms with Crippen LogP contribution in [0, 0.1) is 0 Å². The Bertz CT molecular complexity index is 1130. The molecule has 2 N–H and O–H groups in total. The van der Waals surface area contributed by atoms with Crippen LogP contribution in [-0.2, 0) is 18.4 Å². The number of carbonyl (C=O) groups is 1. The van der Waals surface area contributed by atoms with Crippen LogP contribution in [0.1, 0.15) is 226 Å². The third-order valence-corrected chi connectivity index (χ3v) is 12.3. The van der Waals surface area contributed by atoms with E-state index in [4.69, 9.17) is 9.05 Å². The van der Waals surface area contributed by atoms with Crippen LogP contribution in [0.4, 0.5) is 0 Å². The fraction of sp³-hybridized carbons (Fsp3) is 0.827. The van der Waals surface area contributed by atoms with E-state index in [1.807, 2.05) is 27.2 Å². The Morgan fingerprint density at radius 2 is 1.00 bits per heavy atom. The smallest absolute Gasteiger partial charge is 0.268 e. The highest BCUT2D eigenvalue weighted by molar-refractivity contribution is 7.45. The standard InChI is InChI=1S/C52H99N2O6P/c1-6-8-10-12-14-16-18-20-22-23-24-25-26-27-28-29-30-32-33-35-37-39-41-43-45-51(55)50(49-60-61(57,58)59-48-47-54(3,4)5)53-52(56)46-44-42-40-38-36-34-31-21-19-17-15-13-11-9-7-2/h9,11,15,17,21,31,43,45,50-51,55H,6-8,10,12-14,16,18-20,22-30,32-42,44,46-49H2,1-5H3,(H-,53,56,57,58)/b11-9-,17-15-,31-21-,45-43+. The van der Waals surface area contributed by atoms with E-state index in [-0.39, 0.29) is 19.1 Å². The molecule has 0 rings (SSSR count). The lowest BCUT2D eigenvalue weighted by Crippen LogP contribution is -2.45.